The smallest absolute Gasteiger partial charge is 0.305 e. The van der Waals surface area contributed by atoms with Crippen LogP contribution in [0.2, 0.25) is 0 Å². The predicted molar refractivity (Wildman–Crippen MR) is 87.5 cm³/mol. The van der Waals surface area contributed by atoms with Crippen molar-refractivity contribution in [1.82, 2.24) is 15.3 Å². The normalized spacial score (nSPS) is 12.3. The summed E-state index contributed by atoms with van der Waals surface area (Å²) < 4.78 is 0. The van der Waals surface area contributed by atoms with Crippen LogP contribution in [0.15, 0.2) is 11.4 Å². The van der Waals surface area contributed by atoms with Crippen LogP contribution in [-0.4, -0.2) is 38.7 Å². The minimum absolute atomic E-state index is 0.0797. The van der Waals surface area contributed by atoms with E-state index in [0.717, 1.165) is 20.8 Å². The number of nitrogens with zero attached hydrogens (tertiary/aromatic N) is 2. The largest absolute Gasteiger partial charge is 0.481 e. The molecule has 118 valence electrons. The van der Waals surface area contributed by atoms with Gasteiger partial charge in [-0.2, -0.15) is 0 Å². The quantitative estimate of drug-likeness (QED) is 0.620. The standard InChI is InChI=1S/C14H17N3O3S2/c1-7-8(2)21-13-11(7)14(17-6-16-13)22-9(3)12(20)15-5-4-10(18)19/h6,9H,4-5H2,1-3H3,(H,15,20)(H,18,19). The van der Waals surface area contributed by atoms with Crippen molar-refractivity contribution in [1.29, 1.82) is 0 Å². The van der Waals surface area contributed by atoms with Crippen LogP contribution in [0.1, 0.15) is 23.8 Å². The molecule has 1 amide bonds. The van der Waals surface area contributed by atoms with Crippen molar-refractivity contribution in [3.8, 4) is 0 Å². The Labute approximate surface area is 136 Å². The third-order valence-corrected chi connectivity index (χ3v) is 5.44. The lowest BCUT2D eigenvalue weighted by Crippen LogP contribution is -2.32. The second kappa shape index (κ2) is 7.06. The SMILES string of the molecule is Cc1sc2ncnc(SC(C)C(=O)NCCC(=O)O)c2c1C. The van der Waals surface area contributed by atoms with Crippen molar-refractivity contribution in [2.24, 2.45) is 0 Å². The topological polar surface area (TPSA) is 92.2 Å². The Bertz CT molecular complexity index is 715. The molecule has 0 saturated carbocycles. The zero-order chi connectivity index (χ0) is 16.3. The minimum Gasteiger partial charge on any atom is -0.481 e. The summed E-state index contributed by atoms with van der Waals surface area (Å²) in [5.74, 6) is -1.12. The van der Waals surface area contributed by atoms with Gasteiger partial charge in [0.1, 0.15) is 16.2 Å². The third-order valence-electron chi connectivity index (χ3n) is 3.23. The van der Waals surface area contributed by atoms with Crippen LogP contribution < -0.4 is 5.32 Å². The maximum Gasteiger partial charge on any atom is 0.305 e. The lowest BCUT2D eigenvalue weighted by molar-refractivity contribution is -0.136. The average molecular weight is 339 g/mol. The average Bonchev–Trinajstić information content (AvgIpc) is 2.74. The van der Waals surface area contributed by atoms with Crippen LogP contribution >= 0.6 is 23.1 Å². The Morgan fingerprint density at radius 3 is 2.82 bits per heavy atom. The molecule has 0 saturated heterocycles. The summed E-state index contributed by atoms with van der Waals surface area (Å²) in [6.45, 7) is 5.98. The van der Waals surface area contributed by atoms with E-state index in [2.05, 4.69) is 15.3 Å². The van der Waals surface area contributed by atoms with Crippen molar-refractivity contribution in [3.05, 3.63) is 16.8 Å². The number of nitrogens with one attached hydrogen (secondary N) is 1. The van der Waals surface area contributed by atoms with Gasteiger partial charge >= 0.3 is 5.97 Å². The first-order chi connectivity index (χ1) is 10.4. The number of aliphatic carboxylic acids is 1. The number of thiophene rings is 1. The maximum absolute atomic E-state index is 12.0. The van der Waals surface area contributed by atoms with Gasteiger partial charge in [0, 0.05) is 16.8 Å². The van der Waals surface area contributed by atoms with Crippen molar-refractivity contribution >= 4 is 45.2 Å². The van der Waals surface area contributed by atoms with E-state index < -0.39 is 5.97 Å². The number of carbonyl (C=O) groups excluding carboxylic acids is 1. The Morgan fingerprint density at radius 1 is 1.41 bits per heavy atom. The fourth-order valence-electron chi connectivity index (χ4n) is 1.90. The molecule has 0 aliphatic carbocycles. The van der Waals surface area contributed by atoms with E-state index in [1.165, 1.54) is 23.0 Å². The first kappa shape index (κ1) is 16.7. The van der Waals surface area contributed by atoms with Crippen molar-refractivity contribution in [2.75, 3.05) is 6.54 Å². The van der Waals surface area contributed by atoms with Crippen LogP contribution in [0.5, 0.6) is 0 Å². The van der Waals surface area contributed by atoms with Gasteiger partial charge in [-0.05, 0) is 26.3 Å². The number of thioether (sulfide) groups is 1. The van der Waals surface area contributed by atoms with Gasteiger partial charge in [-0.3, -0.25) is 9.59 Å². The molecule has 2 rings (SSSR count). The van der Waals surface area contributed by atoms with Crippen LogP contribution in [0.25, 0.3) is 10.2 Å². The summed E-state index contributed by atoms with van der Waals surface area (Å²) in [7, 11) is 0. The fourth-order valence-corrected chi connectivity index (χ4v) is 3.96. The summed E-state index contributed by atoms with van der Waals surface area (Å²) in [5.41, 5.74) is 1.14. The highest BCUT2D eigenvalue weighted by Gasteiger charge is 2.19. The molecule has 0 aromatic carbocycles. The van der Waals surface area contributed by atoms with Crippen molar-refractivity contribution < 1.29 is 14.7 Å². The predicted octanol–water partition coefficient (Wildman–Crippen LogP) is 2.38. The molecule has 2 aromatic heterocycles. The van der Waals surface area contributed by atoms with Crippen LogP contribution in [0, 0.1) is 13.8 Å². The van der Waals surface area contributed by atoms with E-state index in [9.17, 15) is 9.59 Å². The van der Waals surface area contributed by atoms with Gasteiger partial charge in [-0.15, -0.1) is 11.3 Å². The number of carboxylic acid groups (broad SMARTS) is 1. The molecule has 0 aliphatic rings. The number of hydrogen-bond donors (Lipinski definition) is 2. The first-order valence-electron chi connectivity index (χ1n) is 6.77. The number of fused-ring (bicyclic) bond motifs is 1. The molecule has 6 nitrogen and oxygen atoms in total. The molecule has 1 atom stereocenters. The zero-order valence-electron chi connectivity index (χ0n) is 12.5. The van der Waals surface area contributed by atoms with Gasteiger partial charge in [-0.1, -0.05) is 11.8 Å². The molecule has 2 N–H and O–H groups in total. The summed E-state index contributed by atoms with van der Waals surface area (Å²) in [6.07, 6.45) is 1.43. The summed E-state index contributed by atoms with van der Waals surface area (Å²) in [5, 5.41) is 12.6. The highest BCUT2D eigenvalue weighted by molar-refractivity contribution is 8.00. The second-order valence-electron chi connectivity index (χ2n) is 4.84. The number of rotatable bonds is 6. The minimum atomic E-state index is -0.928. The molecular formula is C14H17N3O3S2. The number of carbonyl (C=O) groups is 2. The molecule has 0 fully saturated rings. The molecule has 22 heavy (non-hydrogen) atoms. The van der Waals surface area contributed by atoms with Gasteiger partial charge in [0.25, 0.3) is 0 Å². The summed E-state index contributed by atoms with van der Waals surface area (Å²) in [4.78, 5) is 33.1. The van der Waals surface area contributed by atoms with Gasteiger partial charge in [0.05, 0.1) is 11.7 Å². The number of aryl methyl sites for hydroxylation is 2. The van der Waals surface area contributed by atoms with Gasteiger partial charge in [0.15, 0.2) is 0 Å². The van der Waals surface area contributed by atoms with Crippen LogP contribution in [0.3, 0.4) is 0 Å². The van der Waals surface area contributed by atoms with Gasteiger partial charge in [0.2, 0.25) is 5.91 Å². The molecule has 2 aromatic rings. The number of hydrogen-bond acceptors (Lipinski definition) is 6. The third kappa shape index (κ3) is 3.75. The molecule has 0 bridgehead atoms. The Morgan fingerprint density at radius 2 is 2.14 bits per heavy atom. The molecular weight excluding hydrogens is 322 g/mol. The molecule has 0 aliphatic heterocycles. The molecule has 0 radical (unpaired) electrons. The van der Waals surface area contributed by atoms with E-state index in [4.69, 9.17) is 5.11 Å². The molecule has 8 heteroatoms. The van der Waals surface area contributed by atoms with E-state index >= 15 is 0 Å². The van der Waals surface area contributed by atoms with Crippen molar-refractivity contribution in [3.63, 3.8) is 0 Å². The highest BCUT2D eigenvalue weighted by atomic mass is 32.2. The Balaban J connectivity index is 2.10. The lowest BCUT2D eigenvalue weighted by Gasteiger charge is -2.11. The number of aromatic nitrogens is 2. The molecule has 2 heterocycles. The van der Waals surface area contributed by atoms with Gasteiger partial charge < -0.3 is 10.4 Å². The van der Waals surface area contributed by atoms with E-state index in [1.807, 2.05) is 13.8 Å². The van der Waals surface area contributed by atoms with E-state index in [0.29, 0.717) is 0 Å². The maximum atomic E-state index is 12.0. The van der Waals surface area contributed by atoms with Gasteiger partial charge in [-0.25, -0.2) is 9.97 Å². The molecule has 0 spiro atoms. The van der Waals surface area contributed by atoms with Crippen molar-refractivity contribution in [2.45, 2.75) is 37.5 Å². The van der Waals surface area contributed by atoms with Crippen LogP contribution in [0.4, 0.5) is 0 Å². The fraction of sp³-hybridized carbons (Fsp3) is 0.429. The monoisotopic (exact) mass is 339 g/mol. The highest BCUT2D eigenvalue weighted by Crippen LogP contribution is 2.35. The van der Waals surface area contributed by atoms with E-state index in [1.54, 1.807) is 18.3 Å². The number of carboxylic acids is 1. The molecule has 1 unspecified atom stereocenters. The summed E-state index contributed by atoms with van der Waals surface area (Å²) in [6, 6.07) is 0. The van der Waals surface area contributed by atoms with E-state index in [-0.39, 0.29) is 24.1 Å². The Hall–Kier alpha value is -1.67. The number of amides is 1. The zero-order valence-corrected chi connectivity index (χ0v) is 14.2. The Kier molecular flexibility index (Phi) is 5.36. The second-order valence-corrected chi connectivity index (χ2v) is 7.37. The van der Waals surface area contributed by atoms with Crippen LogP contribution in [-0.2, 0) is 9.59 Å². The lowest BCUT2D eigenvalue weighted by atomic mass is 10.2. The first-order valence-corrected chi connectivity index (χ1v) is 8.46. The summed E-state index contributed by atoms with van der Waals surface area (Å²) >= 11 is 2.98.